The molecule has 0 bridgehead atoms. The summed E-state index contributed by atoms with van der Waals surface area (Å²) in [6, 6.07) is 4.04. The number of aromatic hydroxyl groups is 1. The molecule has 0 unspecified atom stereocenters. The fraction of sp³-hybridized carbons (Fsp3) is 0.632. The Balaban J connectivity index is 0.000000500. The van der Waals surface area contributed by atoms with Crippen molar-refractivity contribution in [3.8, 4) is 5.75 Å². The topological polar surface area (TPSA) is 150 Å². The van der Waals surface area contributed by atoms with Gasteiger partial charge in [0.25, 0.3) is 5.91 Å². The van der Waals surface area contributed by atoms with Gasteiger partial charge in [-0.3, -0.25) is 19.3 Å². The smallest absolute Gasteiger partial charge is 0.394 e. The van der Waals surface area contributed by atoms with Crippen molar-refractivity contribution in [1.82, 2.24) is 5.43 Å². The number of phenolic OH excluding ortho intramolecular Hbond substituents is 1. The average Bonchev–Trinajstić information content (AvgIpc) is 2.67. The molecule has 158 valence electrons. The van der Waals surface area contributed by atoms with Crippen LogP contribution in [0.15, 0.2) is 12.1 Å². The number of hydrogen-bond acceptors (Lipinski definition) is 5. The van der Waals surface area contributed by atoms with Crippen LogP contribution in [0.2, 0.25) is 0 Å². The maximum atomic E-state index is 12.1. The third kappa shape index (κ3) is 6.73. The third-order valence-electron chi connectivity index (χ3n) is 5.66. The lowest BCUT2D eigenvalue weighted by Gasteiger charge is -2.27. The molecular weight excluding hydrogens is 384 g/mol. The Hall–Kier alpha value is -1.68. The van der Waals surface area contributed by atoms with Gasteiger partial charge in [-0.1, -0.05) is 44.6 Å². The van der Waals surface area contributed by atoms with Crippen molar-refractivity contribution in [2.75, 3.05) is 0 Å². The quantitative estimate of drug-likeness (QED) is 0.220. The minimum absolute atomic E-state index is 0.138. The molecule has 1 amide bonds. The SMILES string of the molecule is NNC(=O)c1cc(C2CCCCC2)cc(C2CCCCC2)c1O.O=S(=O)(O)O. The number of hydrazine groups is 1. The predicted molar refractivity (Wildman–Crippen MR) is 106 cm³/mol. The second-order valence-corrected chi connectivity index (χ2v) is 8.49. The molecule has 0 heterocycles. The number of nitrogens with two attached hydrogens (primary N) is 1. The summed E-state index contributed by atoms with van der Waals surface area (Å²) in [6.45, 7) is 0. The van der Waals surface area contributed by atoms with Crippen LogP contribution in [0.1, 0.15) is 97.5 Å². The maximum Gasteiger partial charge on any atom is 0.394 e. The second kappa shape index (κ2) is 10.2. The zero-order valence-corrected chi connectivity index (χ0v) is 16.7. The van der Waals surface area contributed by atoms with E-state index in [-0.39, 0.29) is 5.75 Å². The highest BCUT2D eigenvalue weighted by molar-refractivity contribution is 7.79. The Labute approximate surface area is 166 Å². The van der Waals surface area contributed by atoms with Crippen molar-refractivity contribution in [3.05, 3.63) is 28.8 Å². The van der Waals surface area contributed by atoms with E-state index in [9.17, 15) is 9.90 Å². The van der Waals surface area contributed by atoms with Gasteiger partial charge in [0.15, 0.2) is 0 Å². The monoisotopic (exact) mass is 414 g/mol. The van der Waals surface area contributed by atoms with Crippen molar-refractivity contribution in [2.45, 2.75) is 76.0 Å². The minimum atomic E-state index is -4.67. The summed E-state index contributed by atoms with van der Waals surface area (Å²) in [5, 5.41) is 10.6. The lowest BCUT2D eigenvalue weighted by atomic mass is 9.78. The molecule has 9 heteroatoms. The van der Waals surface area contributed by atoms with Gasteiger partial charge in [-0.25, -0.2) is 5.84 Å². The van der Waals surface area contributed by atoms with E-state index in [4.69, 9.17) is 23.4 Å². The van der Waals surface area contributed by atoms with Crippen LogP contribution < -0.4 is 11.3 Å². The van der Waals surface area contributed by atoms with E-state index in [1.807, 2.05) is 6.07 Å². The number of amides is 1. The van der Waals surface area contributed by atoms with Gasteiger partial charge in [-0.05, 0) is 54.7 Å². The Morgan fingerprint density at radius 3 is 1.86 bits per heavy atom. The summed E-state index contributed by atoms with van der Waals surface area (Å²) in [5.74, 6) is 5.95. The van der Waals surface area contributed by atoms with Gasteiger partial charge in [-0.15, -0.1) is 0 Å². The van der Waals surface area contributed by atoms with Crippen molar-refractivity contribution < 1.29 is 27.4 Å². The molecule has 1 aromatic carbocycles. The molecule has 0 atom stereocenters. The molecule has 6 N–H and O–H groups in total. The Morgan fingerprint density at radius 2 is 1.39 bits per heavy atom. The zero-order valence-electron chi connectivity index (χ0n) is 15.9. The molecule has 1 aromatic rings. The van der Waals surface area contributed by atoms with Crippen LogP contribution in [0.4, 0.5) is 0 Å². The molecule has 2 fully saturated rings. The molecule has 28 heavy (non-hydrogen) atoms. The summed E-state index contributed by atoms with van der Waals surface area (Å²) in [7, 11) is -4.67. The van der Waals surface area contributed by atoms with Crippen LogP contribution in [0, 0.1) is 0 Å². The van der Waals surface area contributed by atoms with Gasteiger partial charge in [-0.2, -0.15) is 8.42 Å². The van der Waals surface area contributed by atoms with Crippen molar-refractivity contribution >= 4 is 16.3 Å². The van der Waals surface area contributed by atoms with Gasteiger partial charge >= 0.3 is 10.4 Å². The van der Waals surface area contributed by atoms with Crippen molar-refractivity contribution in [1.29, 1.82) is 0 Å². The lowest BCUT2D eigenvalue weighted by Crippen LogP contribution is -2.30. The van der Waals surface area contributed by atoms with E-state index in [1.165, 1.54) is 56.9 Å². The third-order valence-corrected chi connectivity index (χ3v) is 5.66. The van der Waals surface area contributed by atoms with Crippen LogP contribution in [-0.4, -0.2) is 28.5 Å². The predicted octanol–water partition coefficient (Wildman–Crippen LogP) is 3.44. The zero-order chi connectivity index (χ0) is 20.7. The molecule has 0 aliphatic heterocycles. The molecule has 0 radical (unpaired) electrons. The standard InChI is InChI=1S/C19H28N2O2.H2O4S/c20-21-19(23)17-12-15(13-7-3-1-4-8-13)11-16(18(17)22)14-9-5-2-6-10-14;1-5(2,3)4/h11-14,22H,1-10,20H2,(H,21,23);(H2,1,2,3,4). The molecule has 8 nitrogen and oxygen atoms in total. The molecule has 2 aliphatic rings. The first-order valence-electron chi connectivity index (χ1n) is 9.78. The van der Waals surface area contributed by atoms with E-state index >= 15 is 0 Å². The highest BCUT2D eigenvalue weighted by Crippen LogP contribution is 2.42. The molecule has 3 rings (SSSR count). The fourth-order valence-electron chi connectivity index (χ4n) is 4.33. The number of rotatable bonds is 3. The molecule has 2 saturated carbocycles. The first-order valence-corrected chi connectivity index (χ1v) is 11.2. The van der Waals surface area contributed by atoms with E-state index < -0.39 is 16.3 Å². The van der Waals surface area contributed by atoms with Crippen LogP contribution >= 0.6 is 0 Å². The Kier molecular flexibility index (Phi) is 8.23. The van der Waals surface area contributed by atoms with Crippen LogP contribution in [0.3, 0.4) is 0 Å². The minimum Gasteiger partial charge on any atom is -0.507 e. The summed E-state index contributed by atoms with van der Waals surface area (Å²) in [4.78, 5) is 12.1. The summed E-state index contributed by atoms with van der Waals surface area (Å²) >= 11 is 0. The van der Waals surface area contributed by atoms with E-state index in [0.717, 1.165) is 18.4 Å². The Bertz CT molecular complexity index is 761. The summed E-state index contributed by atoms with van der Waals surface area (Å²) in [6.07, 6.45) is 12.1. The highest BCUT2D eigenvalue weighted by Gasteiger charge is 2.26. The molecule has 0 spiro atoms. The van der Waals surface area contributed by atoms with Gasteiger partial charge in [0.05, 0.1) is 5.56 Å². The largest absolute Gasteiger partial charge is 0.507 e. The lowest BCUT2D eigenvalue weighted by molar-refractivity contribution is 0.0950. The maximum absolute atomic E-state index is 12.1. The number of benzene rings is 1. The number of nitrogen functional groups attached to an aromatic ring is 1. The van der Waals surface area contributed by atoms with Gasteiger partial charge in [0.1, 0.15) is 5.75 Å². The van der Waals surface area contributed by atoms with Crippen LogP contribution in [0.5, 0.6) is 5.75 Å². The number of phenols is 1. The molecule has 0 saturated heterocycles. The normalized spacial score (nSPS) is 18.8. The summed E-state index contributed by atoms with van der Waals surface area (Å²) < 4.78 is 31.6. The van der Waals surface area contributed by atoms with Gasteiger partial charge < -0.3 is 5.11 Å². The number of carbonyl (C=O) groups is 1. The Morgan fingerprint density at radius 1 is 0.929 bits per heavy atom. The van der Waals surface area contributed by atoms with Crippen LogP contribution in [-0.2, 0) is 10.4 Å². The van der Waals surface area contributed by atoms with Gasteiger partial charge in [0.2, 0.25) is 0 Å². The molecule has 2 aliphatic carbocycles. The fourth-order valence-corrected chi connectivity index (χ4v) is 4.33. The van der Waals surface area contributed by atoms with Crippen molar-refractivity contribution in [3.63, 3.8) is 0 Å². The van der Waals surface area contributed by atoms with Crippen molar-refractivity contribution in [2.24, 2.45) is 5.84 Å². The van der Waals surface area contributed by atoms with E-state index in [1.54, 1.807) is 0 Å². The highest BCUT2D eigenvalue weighted by atomic mass is 32.3. The first-order chi connectivity index (χ1) is 13.2. The van der Waals surface area contributed by atoms with Gasteiger partial charge in [0, 0.05) is 0 Å². The van der Waals surface area contributed by atoms with E-state index in [2.05, 4.69) is 11.5 Å². The second-order valence-electron chi connectivity index (χ2n) is 7.60. The number of carbonyl (C=O) groups excluding carboxylic acids is 1. The average molecular weight is 415 g/mol. The number of nitrogens with one attached hydrogen (secondary N) is 1. The first kappa shape index (κ1) is 22.6. The molecule has 0 aromatic heterocycles. The summed E-state index contributed by atoms with van der Waals surface area (Å²) in [5.41, 5.74) is 4.70. The number of hydrogen-bond donors (Lipinski definition) is 5. The van der Waals surface area contributed by atoms with E-state index in [0.29, 0.717) is 17.4 Å². The molecular formula is C19H30N2O6S. The van der Waals surface area contributed by atoms with Crippen LogP contribution in [0.25, 0.3) is 0 Å².